The first-order chi connectivity index (χ1) is 25.1. The highest BCUT2D eigenvalue weighted by Gasteiger charge is 2.48. The van der Waals surface area contributed by atoms with Crippen LogP contribution in [0.5, 0.6) is 0 Å². The Hall–Kier alpha value is -3.52. The van der Waals surface area contributed by atoms with Crippen LogP contribution in [0.2, 0.25) is 0 Å². The van der Waals surface area contributed by atoms with Crippen LogP contribution in [0.4, 0.5) is 18.9 Å². The van der Waals surface area contributed by atoms with Gasteiger partial charge in [0, 0.05) is 41.8 Å². The van der Waals surface area contributed by atoms with Gasteiger partial charge in [0.1, 0.15) is 6.04 Å². The first-order valence-corrected chi connectivity index (χ1v) is 19.0. The molecule has 3 heterocycles. The number of benzene rings is 2. The number of aliphatic hydroxyl groups excluding tert-OH is 1. The van der Waals surface area contributed by atoms with E-state index in [9.17, 15) is 32.7 Å². The third kappa shape index (κ3) is 9.07. The summed E-state index contributed by atoms with van der Waals surface area (Å²) in [6, 6.07) is 13.2. The number of carbonyl (C=O) groups is 3. The van der Waals surface area contributed by atoms with Gasteiger partial charge in [-0.2, -0.15) is 13.2 Å². The van der Waals surface area contributed by atoms with Crippen LogP contribution in [0, 0.1) is 11.8 Å². The quantitative estimate of drug-likeness (QED) is 0.287. The van der Waals surface area contributed by atoms with Gasteiger partial charge in [0.15, 0.2) is 6.29 Å². The number of amides is 3. The van der Waals surface area contributed by atoms with Gasteiger partial charge in [0.05, 0.1) is 24.9 Å². The molecule has 0 aromatic heterocycles. The second-order valence-corrected chi connectivity index (χ2v) is 16.2. The average Bonchev–Trinajstić information content (AvgIpc) is 3.61. The highest BCUT2D eigenvalue weighted by Crippen LogP contribution is 2.44. The van der Waals surface area contributed by atoms with E-state index in [0.717, 1.165) is 43.2 Å². The molecule has 8 unspecified atom stereocenters. The van der Waals surface area contributed by atoms with Crippen molar-refractivity contribution in [3.8, 4) is 0 Å². The molecule has 0 radical (unpaired) electrons. The fourth-order valence-electron chi connectivity index (χ4n) is 8.70. The molecule has 13 heteroatoms. The number of piperidine rings is 1. The van der Waals surface area contributed by atoms with Crippen molar-refractivity contribution in [2.45, 2.75) is 134 Å². The van der Waals surface area contributed by atoms with E-state index in [1.54, 1.807) is 18.2 Å². The molecule has 4 fully saturated rings. The maximum atomic E-state index is 13.8. The van der Waals surface area contributed by atoms with Gasteiger partial charge in [-0.05, 0) is 88.5 Å². The van der Waals surface area contributed by atoms with Crippen LogP contribution >= 0.6 is 0 Å². The molecule has 1 aliphatic carbocycles. The summed E-state index contributed by atoms with van der Waals surface area (Å²) in [4.78, 5) is 42.1. The van der Waals surface area contributed by atoms with Crippen molar-refractivity contribution in [1.29, 1.82) is 0 Å². The van der Waals surface area contributed by atoms with Crippen molar-refractivity contribution in [3.05, 3.63) is 65.2 Å². The molecule has 290 valence electrons. The Kier molecular flexibility index (Phi) is 11.9. The molecular formula is C40H53F3N4O6. The lowest BCUT2D eigenvalue weighted by Crippen LogP contribution is -2.61. The van der Waals surface area contributed by atoms with E-state index < -0.39 is 36.4 Å². The van der Waals surface area contributed by atoms with E-state index in [2.05, 4.69) is 22.5 Å². The van der Waals surface area contributed by atoms with Gasteiger partial charge >= 0.3 is 12.1 Å². The maximum Gasteiger partial charge on any atom is 0.471 e. The number of likely N-dealkylation sites (tertiary alicyclic amines) is 2. The molecular weight excluding hydrogens is 689 g/mol. The molecule has 0 spiro atoms. The number of nitrogens with zero attached hydrogens (tertiary/aromatic N) is 2. The summed E-state index contributed by atoms with van der Waals surface area (Å²) in [5.41, 5.74) is 2.24. The number of anilines is 1. The number of hydrogen-bond donors (Lipinski definition) is 3. The molecule has 3 N–H and O–H groups in total. The zero-order valence-electron chi connectivity index (χ0n) is 31.0. The standard InChI is InChI=1S/C40H53F3N4O6/c1-24-33(22-47-30-12-6-5-9-26(30)18-19-32(47)36(50)45-39(2,3)4)52-37(53-34(24)27-16-14-25(23-48)15-17-27)28-10-7-11-29(21-28)44-35(49)31-13-8-20-46(31)38(51)40(41,42)43/h7,10-11,14-17,21,24,26,30-34,37,48H,5-6,8-9,12-13,18-20,22-23H2,1-4H3,(H,44,49)(H,45,50). The van der Waals surface area contributed by atoms with Crippen molar-refractivity contribution in [2.75, 3.05) is 18.4 Å². The number of hydrogen-bond acceptors (Lipinski definition) is 7. The van der Waals surface area contributed by atoms with Crippen LogP contribution in [0.25, 0.3) is 0 Å². The van der Waals surface area contributed by atoms with Gasteiger partial charge in [0.2, 0.25) is 11.8 Å². The van der Waals surface area contributed by atoms with Crippen molar-refractivity contribution in [2.24, 2.45) is 11.8 Å². The fraction of sp³-hybridized carbons (Fsp3) is 0.625. The molecule has 4 aliphatic rings. The number of ether oxygens (including phenoxy) is 2. The summed E-state index contributed by atoms with van der Waals surface area (Å²) in [6.07, 6.45) is -0.0535. The Balaban J connectivity index is 1.27. The molecule has 0 bridgehead atoms. The Morgan fingerprint density at radius 3 is 2.30 bits per heavy atom. The Morgan fingerprint density at radius 2 is 1.60 bits per heavy atom. The maximum absolute atomic E-state index is 13.8. The highest BCUT2D eigenvalue weighted by atomic mass is 19.4. The average molecular weight is 743 g/mol. The molecule has 6 rings (SSSR count). The fourth-order valence-corrected chi connectivity index (χ4v) is 8.70. The van der Waals surface area contributed by atoms with Gasteiger partial charge in [0.25, 0.3) is 0 Å². The Bertz CT molecular complexity index is 1610. The number of aliphatic hydroxyl groups is 1. The van der Waals surface area contributed by atoms with E-state index in [1.165, 1.54) is 6.42 Å². The lowest BCUT2D eigenvalue weighted by molar-refractivity contribution is -0.278. The van der Waals surface area contributed by atoms with Crippen LogP contribution in [-0.4, -0.2) is 81.7 Å². The van der Waals surface area contributed by atoms with Crippen LogP contribution in [-0.2, 0) is 30.5 Å². The summed E-state index contributed by atoms with van der Waals surface area (Å²) in [5.74, 6) is -2.31. The van der Waals surface area contributed by atoms with Gasteiger partial charge in [-0.25, -0.2) is 0 Å². The number of nitrogens with one attached hydrogen (secondary N) is 2. The minimum Gasteiger partial charge on any atom is -0.392 e. The smallest absolute Gasteiger partial charge is 0.392 e. The minimum absolute atomic E-state index is 0.0233. The Labute approximate surface area is 309 Å². The summed E-state index contributed by atoms with van der Waals surface area (Å²) in [6.45, 7) is 8.34. The number of halogens is 3. The zero-order chi connectivity index (χ0) is 38.1. The molecule has 10 nitrogen and oxygen atoms in total. The van der Waals surface area contributed by atoms with Crippen LogP contribution in [0.1, 0.15) is 108 Å². The zero-order valence-corrected chi connectivity index (χ0v) is 31.0. The van der Waals surface area contributed by atoms with Crippen LogP contribution in [0.3, 0.4) is 0 Å². The molecule has 2 aromatic carbocycles. The largest absolute Gasteiger partial charge is 0.471 e. The molecule has 2 aromatic rings. The topological polar surface area (TPSA) is 120 Å². The molecule has 8 atom stereocenters. The third-order valence-corrected chi connectivity index (χ3v) is 11.3. The molecule has 3 saturated heterocycles. The van der Waals surface area contributed by atoms with Crippen molar-refractivity contribution in [3.63, 3.8) is 0 Å². The molecule has 3 amide bonds. The Morgan fingerprint density at radius 1 is 0.868 bits per heavy atom. The van der Waals surface area contributed by atoms with Crippen LogP contribution in [0.15, 0.2) is 48.5 Å². The molecule has 53 heavy (non-hydrogen) atoms. The summed E-state index contributed by atoms with van der Waals surface area (Å²) in [7, 11) is 0. The van der Waals surface area contributed by atoms with E-state index in [0.29, 0.717) is 35.0 Å². The molecule has 1 saturated carbocycles. The van der Waals surface area contributed by atoms with Gasteiger partial charge in [-0.1, -0.05) is 56.2 Å². The summed E-state index contributed by atoms with van der Waals surface area (Å²) < 4.78 is 53.2. The van der Waals surface area contributed by atoms with Gasteiger partial charge in [-0.15, -0.1) is 0 Å². The SMILES string of the molecule is CC1C(CN2C(C(=O)NC(C)(C)C)CCC3CCCCC32)OC(c2cccc(NC(=O)C3CCCN3C(=O)C(F)(F)F)c2)OC1c1ccc(CO)cc1. The van der Waals surface area contributed by atoms with Crippen LogP contribution < -0.4 is 10.6 Å². The summed E-state index contributed by atoms with van der Waals surface area (Å²) in [5, 5.41) is 15.6. The monoisotopic (exact) mass is 742 g/mol. The lowest BCUT2D eigenvalue weighted by atomic mass is 9.75. The van der Waals surface area contributed by atoms with Gasteiger partial charge < -0.3 is 30.1 Å². The first kappa shape index (κ1) is 39.2. The number of alkyl halides is 3. The van der Waals surface area contributed by atoms with E-state index >= 15 is 0 Å². The molecule has 3 aliphatic heterocycles. The second-order valence-electron chi connectivity index (χ2n) is 16.2. The second kappa shape index (κ2) is 16.1. The normalized spacial score (nSPS) is 29.7. The van der Waals surface area contributed by atoms with Crippen molar-refractivity contribution < 1.29 is 42.1 Å². The number of carbonyl (C=O) groups excluding carboxylic acids is 3. The summed E-state index contributed by atoms with van der Waals surface area (Å²) >= 11 is 0. The number of fused-ring (bicyclic) bond motifs is 1. The van der Waals surface area contributed by atoms with E-state index in [-0.39, 0.29) is 55.1 Å². The highest BCUT2D eigenvalue weighted by molar-refractivity contribution is 5.98. The predicted molar refractivity (Wildman–Crippen MR) is 192 cm³/mol. The lowest BCUT2D eigenvalue weighted by Gasteiger charge is -2.51. The number of rotatable bonds is 8. The van der Waals surface area contributed by atoms with Crippen molar-refractivity contribution >= 4 is 23.4 Å². The predicted octanol–water partition coefficient (Wildman–Crippen LogP) is 6.40. The van der Waals surface area contributed by atoms with E-state index in [4.69, 9.17) is 9.47 Å². The third-order valence-electron chi connectivity index (χ3n) is 11.3. The minimum atomic E-state index is -5.07. The van der Waals surface area contributed by atoms with Crippen molar-refractivity contribution in [1.82, 2.24) is 15.1 Å². The van der Waals surface area contributed by atoms with E-state index in [1.807, 2.05) is 51.1 Å². The van der Waals surface area contributed by atoms with Gasteiger partial charge in [-0.3, -0.25) is 19.3 Å². The first-order valence-electron chi connectivity index (χ1n) is 19.0.